The van der Waals surface area contributed by atoms with Gasteiger partial charge in [-0.1, -0.05) is 12.1 Å². The molecule has 7 heteroatoms. The molecule has 0 unspecified atom stereocenters. The van der Waals surface area contributed by atoms with Crippen molar-refractivity contribution in [3.8, 4) is 0 Å². The third kappa shape index (κ3) is 3.90. The van der Waals surface area contributed by atoms with Crippen molar-refractivity contribution >= 4 is 27.3 Å². The summed E-state index contributed by atoms with van der Waals surface area (Å²) in [6.07, 6.45) is 3.20. The molecule has 0 radical (unpaired) electrons. The molecule has 22 heavy (non-hydrogen) atoms. The molecule has 1 N–H and O–H groups in total. The van der Waals surface area contributed by atoms with E-state index in [1.54, 1.807) is 31.4 Å². The van der Waals surface area contributed by atoms with Gasteiger partial charge in [0.2, 0.25) is 0 Å². The van der Waals surface area contributed by atoms with Crippen molar-refractivity contribution in [2.24, 2.45) is 7.05 Å². The Hall–Kier alpha value is -1.79. The van der Waals surface area contributed by atoms with Gasteiger partial charge in [0.05, 0.1) is 4.90 Å². The van der Waals surface area contributed by atoms with Gasteiger partial charge >= 0.3 is 0 Å². The SMILES string of the molecule is Cn1cccc(NS(=O)(=O)c2ccc(CCCCl)cc2)c1=O. The summed E-state index contributed by atoms with van der Waals surface area (Å²) in [5.74, 6) is 0.568. The minimum Gasteiger partial charge on any atom is -0.317 e. The number of benzene rings is 1. The Morgan fingerprint density at radius 1 is 1.18 bits per heavy atom. The second kappa shape index (κ2) is 6.98. The third-order valence-electron chi connectivity index (χ3n) is 3.20. The van der Waals surface area contributed by atoms with E-state index >= 15 is 0 Å². The number of rotatable bonds is 6. The number of hydrogen-bond acceptors (Lipinski definition) is 3. The molecular formula is C15H17ClN2O3S. The van der Waals surface area contributed by atoms with E-state index in [1.165, 1.54) is 22.8 Å². The van der Waals surface area contributed by atoms with Crippen LogP contribution in [-0.2, 0) is 23.5 Å². The standard InChI is InChI=1S/C15H17ClN2O3S/c1-18-11-3-5-14(15(18)19)17-22(20,21)13-8-6-12(7-9-13)4-2-10-16/h3,5-9,11,17H,2,4,10H2,1H3. The lowest BCUT2D eigenvalue weighted by Gasteiger charge is -2.09. The van der Waals surface area contributed by atoms with Gasteiger partial charge in [-0.15, -0.1) is 11.6 Å². The first kappa shape index (κ1) is 16.6. The van der Waals surface area contributed by atoms with Crippen LogP contribution in [0, 0.1) is 0 Å². The molecule has 0 amide bonds. The minimum absolute atomic E-state index is 0.0243. The molecule has 0 aliphatic carbocycles. The van der Waals surface area contributed by atoms with E-state index in [2.05, 4.69) is 4.72 Å². The zero-order valence-corrected chi connectivity index (χ0v) is 13.7. The molecule has 5 nitrogen and oxygen atoms in total. The number of sulfonamides is 1. The number of halogens is 1. The highest BCUT2D eigenvalue weighted by Crippen LogP contribution is 2.15. The van der Waals surface area contributed by atoms with Gasteiger partial charge in [0.1, 0.15) is 5.69 Å². The highest BCUT2D eigenvalue weighted by Gasteiger charge is 2.16. The molecule has 0 aliphatic rings. The van der Waals surface area contributed by atoms with Crippen molar-refractivity contribution < 1.29 is 8.42 Å². The molecule has 0 atom stereocenters. The summed E-state index contributed by atoms with van der Waals surface area (Å²) in [5.41, 5.74) is 0.649. The Kier molecular flexibility index (Phi) is 5.26. The van der Waals surface area contributed by atoms with Crippen molar-refractivity contribution in [2.45, 2.75) is 17.7 Å². The lowest BCUT2D eigenvalue weighted by atomic mass is 10.1. The number of aromatic nitrogens is 1. The van der Waals surface area contributed by atoms with Crippen molar-refractivity contribution in [1.29, 1.82) is 0 Å². The Labute approximate surface area is 134 Å². The number of hydrogen-bond donors (Lipinski definition) is 1. The lowest BCUT2D eigenvalue weighted by molar-refractivity contribution is 0.601. The van der Waals surface area contributed by atoms with Gasteiger partial charge in [0.25, 0.3) is 15.6 Å². The largest absolute Gasteiger partial charge is 0.317 e. The zero-order valence-electron chi connectivity index (χ0n) is 12.1. The molecule has 0 fully saturated rings. The number of pyridine rings is 1. The molecule has 0 aliphatic heterocycles. The van der Waals surface area contributed by atoms with Crippen LogP contribution in [0.3, 0.4) is 0 Å². The summed E-state index contributed by atoms with van der Waals surface area (Å²) in [4.78, 5) is 12.0. The van der Waals surface area contributed by atoms with E-state index in [4.69, 9.17) is 11.6 Å². The van der Waals surface area contributed by atoms with Crippen LogP contribution in [0.1, 0.15) is 12.0 Å². The van der Waals surface area contributed by atoms with Crippen LogP contribution in [0.4, 0.5) is 5.69 Å². The maximum Gasteiger partial charge on any atom is 0.274 e. The smallest absolute Gasteiger partial charge is 0.274 e. The first-order chi connectivity index (χ1) is 10.4. The highest BCUT2D eigenvalue weighted by atomic mass is 35.5. The molecule has 1 heterocycles. The van der Waals surface area contributed by atoms with E-state index in [-0.39, 0.29) is 10.6 Å². The van der Waals surface area contributed by atoms with Crippen molar-refractivity contribution in [2.75, 3.05) is 10.6 Å². The van der Waals surface area contributed by atoms with Gasteiger partial charge in [0, 0.05) is 19.1 Å². The monoisotopic (exact) mass is 340 g/mol. The van der Waals surface area contributed by atoms with Crippen molar-refractivity contribution in [3.63, 3.8) is 0 Å². The first-order valence-corrected chi connectivity index (χ1v) is 8.79. The summed E-state index contributed by atoms with van der Waals surface area (Å²) in [5, 5.41) is 0. The van der Waals surface area contributed by atoms with E-state index in [9.17, 15) is 13.2 Å². The van der Waals surface area contributed by atoms with Crippen molar-refractivity contribution in [3.05, 3.63) is 58.5 Å². The summed E-state index contributed by atoms with van der Waals surface area (Å²) in [6.45, 7) is 0. The van der Waals surface area contributed by atoms with Crippen molar-refractivity contribution in [1.82, 2.24) is 4.57 Å². The molecule has 0 saturated carbocycles. The normalized spacial score (nSPS) is 11.4. The van der Waals surface area contributed by atoms with E-state index < -0.39 is 15.6 Å². The van der Waals surface area contributed by atoms with Crippen LogP contribution in [0.25, 0.3) is 0 Å². The third-order valence-corrected chi connectivity index (χ3v) is 4.85. The molecule has 1 aromatic heterocycles. The Morgan fingerprint density at radius 2 is 1.86 bits per heavy atom. The number of aryl methyl sites for hydroxylation is 2. The van der Waals surface area contributed by atoms with Gasteiger partial charge in [-0.2, -0.15) is 0 Å². The number of anilines is 1. The Balaban J connectivity index is 2.23. The summed E-state index contributed by atoms with van der Waals surface area (Å²) in [7, 11) is -2.22. The molecule has 0 saturated heterocycles. The van der Waals surface area contributed by atoms with Gasteiger partial charge in [-0.05, 0) is 42.7 Å². The fourth-order valence-electron chi connectivity index (χ4n) is 1.98. The molecular weight excluding hydrogens is 324 g/mol. The maximum atomic E-state index is 12.3. The second-order valence-electron chi connectivity index (χ2n) is 4.88. The van der Waals surface area contributed by atoms with E-state index in [0.29, 0.717) is 5.88 Å². The van der Waals surface area contributed by atoms with Gasteiger partial charge < -0.3 is 4.57 Å². The van der Waals surface area contributed by atoms with Crippen LogP contribution in [0.15, 0.2) is 52.3 Å². The topological polar surface area (TPSA) is 68.2 Å². The second-order valence-corrected chi connectivity index (χ2v) is 6.94. The van der Waals surface area contributed by atoms with Gasteiger partial charge in [-0.25, -0.2) is 8.42 Å². The molecule has 118 valence electrons. The minimum atomic E-state index is -3.78. The predicted molar refractivity (Wildman–Crippen MR) is 88.0 cm³/mol. The van der Waals surface area contributed by atoms with E-state index in [0.717, 1.165) is 18.4 Å². The van der Waals surface area contributed by atoms with E-state index in [1.807, 2.05) is 0 Å². The quantitative estimate of drug-likeness (QED) is 0.821. The van der Waals surface area contributed by atoms with Crippen LogP contribution in [0.2, 0.25) is 0 Å². The van der Waals surface area contributed by atoms with Crippen LogP contribution >= 0.6 is 11.6 Å². The molecule has 0 spiro atoms. The maximum absolute atomic E-state index is 12.3. The molecule has 0 bridgehead atoms. The zero-order chi connectivity index (χ0) is 16.2. The average molecular weight is 341 g/mol. The fourth-order valence-corrected chi connectivity index (χ4v) is 3.18. The highest BCUT2D eigenvalue weighted by molar-refractivity contribution is 7.92. The lowest BCUT2D eigenvalue weighted by Crippen LogP contribution is -2.23. The Morgan fingerprint density at radius 3 is 2.50 bits per heavy atom. The summed E-state index contributed by atoms with van der Waals surface area (Å²) >= 11 is 5.64. The molecule has 2 rings (SSSR count). The van der Waals surface area contributed by atoms with Crippen LogP contribution in [-0.4, -0.2) is 18.9 Å². The average Bonchev–Trinajstić information content (AvgIpc) is 2.50. The first-order valence-electron chi connectivity index (χ1n) is 6.77. The molecule has 2 aromatic rings. The number of nitrogens with one attached hydrogen (secondary N) is 1. The summed E-state index contributed by atoms with van der Waals surface area (Å²) < 4.78 is 28.3. The van der Waals surface area contributed by atoms with Crippen LogP contribution in [0.5, 0.6) is 0 Å². The fraction of sp³-hybridized carbons (Fsp3) is 0.267. The summed E-state index contributed by atoms with van der Waals surface area (Å²) in [6, 6.07) is 9.61. The predicted octanol–water partition coefficient (Wildman–Crippen LogP) is 2.36. The number of nitrogens with zero attached hydrogens (tertiary/aromatic N) is 1. The number of alkyl halides is 1. The Bertz CT molecular complexity index is 798. The van der Waals surface area contributed by atoms with Gasteiger partial charge in [0.15, 0.2) is 0 Å². The molecule has 1 aromatic carbocycles. The van der Waals surface area contributed by atoms with Crippen LogP contribution < -0.4 is 10.3 Å². The van der Waals surface area contributed by atoms with Gasteiger partial charge in [-0.3, -0.25) is 9.52 Å².